The van der Waals surface area contributed by atoms with E-state index in [2.05, 4.69) is 15.3 Å². The van der Waals surface area contributed by atoms with Gasteiger partial charge in [0.15, 0.2) is 15.5 Å². The van der Waals surface area contributed by atoms with E-state index in [9.17, 15) is 8.42 Å². The number of rotatable bonds is 5. The van der Waals surface area contributed by atoms with Gasteiger partial charge in [-0.15, -0.1) is 0 Å². The molecule has 0 spiro atoms. The van der Waals surface area contributed by atoms with Crippen LogP contribution in [0, 0.1) is 6.92 Å². The molecule has 178 valence electrons. The second-order valence-electron chi connectivity index (χ2n) is 8.62. The van der Waals surface area contributed by atoms with Crippen molar-refractivity contribution in [3.8, 4) is 11.3 Å². The SMILES string of the molecule is Cc1nc2c(Nc3ccc(-c4cncn4C)cc3S(C)(=O)=O)cc(N)nc2n1C1CCCCO1. The quantitative estimate of drug-likeness (QED) is 0.442. The molecule has 0 amide bonds. The normalized spacial score (nSPS) is 16.7. The Labute approximate surface area is 197 Å². The zero-order valence-corrected chi connectivity index (χ0v) is 20.1. The number of nitrogens with zero attached hydrogens (tertiary/aromatic N) is 5. The number of anilines is 3. The van der Waals surface area contributed by atoms with Crippen LogP contribution in [0.25, 0.3) is 22.4 Å². The van der Waals surface area contributed by atoms with E-state index in [1.807, 2.05) is 29.2 Å². The molecular weight excluding hydrogens is 454 g/mol. The van der Waals surface area contributed by atoms with Gasteiger partial charge in [-0.3, -0.25) is 4.57 Å². The summed E-state index contributed by atoms with van der Waals surface area (Å²) in [6, 6.07) is 6.92. The van der Waals surface area contributed by atoms with Crippen molar-refractivity contribution in [2.75, 3.05) is 23.9 Å². The molecule has 0 bridgehead atoms. The Balaban J connectivity index is 1.61. The largest absolute Gasteiger partial charge is 0.384 e. The number of aryl methyl sites for hydroxylation is 2. The van der Waals surface area contributed by atoms with Crippen molar-refractivity contribution in [2.45, 2.75) is 37.3 Å². The van der Waals surface area contributed by atoms with Gasteiger partial charge in [0.2, 0.25) is 0 Å². The molecule has 5 rings (SSSR count). The van der Waals surface area contributed by atoms with Crippen LogP contribution in [-0.2, 0) is 21.6 Å². The van der Waals surface area contributed by atoms with Crippen molar-refractivity contribution in [3.05, 3.63) is 42.6 Å². The van der Waals surface area contributed by atoms with Gasteiger partial charge in [0.1, 0.15) is 23.4 Å². The first-order valence-corrected chi connectivity index (χ1v) is 13.0. The van der Waals surface area contributed by atoms with Crippen molar-refractivity contribution < 1.29 is 13.2 Å². The Bertz CT molecular complexity index is 1480. The molecule has 1 aliphatic rings. The first kappa shape index (κ1) is 22.4. The van der Waals surface area contributed by atoms with Gasteiger partial charge in [-0.05, 0) is 38.3 Å². The van der Waals surface area contributed by atoms with Gasteiger partial charge in [0, 0.05) is 31.5 Å². The predicted octanol–water partition coefficient (Wildman–Crippen LogP) is 3.57. The molecule has 4 aromatic rings. The lowest BCUT2D eigenvalue weighted by Crippen LogP contribution is -2.19. The number of ether oxygens (including phenoxy) is 1. The van der Waals surface area contributed by atoms with Crippen molar-refractivity contribution in [2.24, 2.45) is 7.05 Å². The molecule has 34 heavy (non-hydrogen) atoms. The maximum atomic E-state index is 12.7. The highest BCUT2D eigenvalue weighted by atomic mass is 32.2. The number of sulfone groups is 1. The number of pyridine rings is 1. The van der Waals surface area contributed by atoms with Crippen LogP contribution in [0.2, 0.25) is 0 Å². The summed E-state index contributed by atoms with van der Waals surface area (Å²) in [4.78, 5) is 13.6. The summed E-state index contributed by atoms with van der Waals surface area (Å²) >= 11 is 0. The topological polar surface area (TPSA) is 130 Å². The Morgan fingerprint density at radius 3 is 2.68 bits per heavy atom. The lowest BCUT2D eigenvalue weighted by atomic mass is 10.1. The monoisotopic (exact) mass is 481 g/mol. The molecule has 3 aromatic heterocycles. The average molecular weight is 482 g/mol. The fraction of sp³-hybridized carbons (Fsp3) is 0.348. The van der Waals surface area contributed by atoms with Crippen LogP contribution in [0.5, 0.6) is 0 Å². The minimum atomic E-state index is -3.55. The number of aromatic nitrogens is 5. The van der Waals surface area contributed by atoms with Crippen LogP contribution in [0.1, 0.15) is 31.3 Å². The van der Waals surface area contributed by atoms with Gasteiger partial charge in [0.05, 0.1) is 34.5 Å². The molecule has 1 saturated heterocycles. The van der Waals surface area contributed by atoms with Crippen LogP contribution in [-0.4, -0.2) is 45.4 Å². The smallest absolute Gasteiger partial charge is 0.177 e. The van der Waals surface area contributed by atoms with E-state index in [4.69, 9.17) is 15.5 Å². The van der Waals surface area contributed by atoms with Crippen molar-refractivity contribution in [3.63, 3.8) is 0 Å². The molecule has 0 aliphatic carbocycles. The number of benzene rings is 1. The lowest BCUT2D eigenvalue weighted by molar-refractivity contribution is -0.0308. The molecule has 1 aromatic carbocycles. The Kier molecular flexibility index (Phi) is 5.53. The number of hydrogen-bond acceptors (Lipinski definition) is 8. The van der Waals surface area contributed by atoms with Crippen molar-refractivity contribution >= 4 is 38.2 Å². The number of nitrogen functional groups attached to an aromatic ring is 1. The molecule has 1 aliphatic heterocycles. The van der Waals surface area contributed by atoms with Crippen molar-refractivity contribution in [1.29, 1.82) is 0 Å². The number of nitrogens with two attached hydrogens (primary N) is 1. The highest BCUT2D eigenvalue weighted by Gasteiger charge is 2.24. The fourth-order valence-electron chi connectivity index (χ4n) is 4.43. The van der Waals surface area contributed by atoms with Gasteiger partial charge < -0.3 is 20.4 Å². The predicted molar refractivity (Wildman–Crippen MR) is 131 cm³/mol. The highest BCUT2D eigenvalue weighted by Crippen LogP contribution is 2.35. The summed E-state index contributed by atoms with van der Waals surface area (Å²) in [5.41, 5.74) is 9.95. The van der Waals surface area contributed by atoms with Crippen molar-refractivity contribution in [1.82, 2.24) is 24.1 Å². The van der Waals surface area contributed by atoms with E-state index >= 15 is 0 Å². The third-order valence-electron chi connectivity index (χ3n) is 6.05. The minimum absolute atomic E-state index is 0.148. The standard InChI is InChI=1S/C23H27N7O3S/c1-14-26-22-17(11-20(24)28-23(22)30(14)21-6-4-5-9-33-21)27-16-8-7-15(10-19(16)34(3,31)32)18-12-25-13-29(18)2/h7-8,10-13,21H,4-6,9H2,1-3H3,(H3,24,27,28). The molecule has 3 N–H and O–H groups in total. The number of hydrogen-bond donors (Lipinski definition) is 2. The van der Waals surface area contributed by atoms with Gasteiger partial charge in [-0.25, -0.2) is 23.4 Å². The van der Waals surface area contributed by atoms with E-state index in [-0.39, 0.29) is 11.1 Å². The first-order valence-electron chi connectivity index (χ1n) is 11.1. The molecule has 11 heteroatoms. The van der Waals surface area contributed by atoms with Crippen LogP contribution in [0.15, 0.2) is 41.7 Å². The molecule has 10 nitrogen and oxygen atoms in total. The maximum Gasteiger partial charge on any atom is 0.177 e. The zero-order valence-electron chi connectivity index (χ0n) is 19.3. The number of imidazole rings is 2. The number of fused-ring (bicyclic) bond motifs is 1. The third-order valence-corrected chi connectivity index (χ3v) is 7.19. The average Bonchev–Trinajstić information content (AvgIpc) is 3.36. The van der Waals surface area contributed by atoms with E-state index in [1.54, 1.807) is 30.7 Å². The highest BCUT2D eigenvalue weighted by molar-refractivity contribution is 7.90. The molecule has 1 atom stereocenters. The van der Waals surface area contributed by atoms with Gasteiger partial charge in [-0.2, -0.15) is 0 Å². The summed E-state index contributed by atoms with van der Waals surface area (Å²) in [5, 5.41) is 3.26. The van der Waals surface area contributed by atoms with Crippen LogP contribution < -0.4 is 11.1 Å². The zero-order chi connectivity index (χ0) is 24.0. The van der Waals surface area contributed by atoms with Crippen LogP contribution >= 0.6 is 0 Å². The summed E-state index contributed by atoms with van der Waals surface area (Å²) < 4.78 is 35.2. The molecular formula is C23H27N7O3S. The first-order chi connectivity index (χ1) is 16.2. The summed E-state index contributed by atoms with van der Waals surface area (Å²) in [6.07, 6.45) is 7.39. The summed E-state index contributed by atoms with van der Waals surface area (Å²) in [7, 11) is -1.69. The molecule has 0 saturated carbocycles. The lowest BCUT2D eigenvalue weighted by Gasteiger charge is -2.25. The van der Waals surface area contributed by atoms with E-state index < -0.39 is 9.84 Å². The second-order valence-corrected chi connectivity index (χ2v) is 10.6. The minimum Gasteiger partial charge on any atom is -0.384 e. The summed E-state index contributed by atoms with van der Waals surface area (Å²) in [6.45, 7) is 2.60. The Morgan fingerprint density at radius 2 is 2.00 bits per heavy atom. The maximum absolute atomic E-state index is 12.7. The Hall–Kier alpha value is -3.44. The van der Waals surface area contributed by atoms with E-state index in [0.717, 1.165) is 36.3 Å². The molecule has 1 unspecified atom stereocenters. The van der Waals surface area contributed by atoms with E-state index in [0.29, 0.717) is 35.0 Å². The van der Waals surface area contributed by atoms with Gasteiger partial charge >= 0.3 is 0 Å². The Morgan fingerprint density at radius 1 is 1.18 bits per heavy atom. The molecule has 0 radical (unpaired) electrons. The molecule has 1 fully saturated rings. The van der Waals surface area contributed by atoms with Gasteiger partial charge in [-0.1, -0.05) is 6.07 Å². The summed E-state index contributed by atoms with van der Waals surface area (Å²) in [5.74, 6) is 1.07. The third kappa shape index (κ3) is 4.01. The van der Waals surface area contributed by atoms with Gasteiger partial charge in [0.25, 0.3) is 0 Å². The second kappa shape index (κ2) is 8.41. The molecule has 4 heterocycles. The van der Waals surface area contributed by atoms with E-state index in [1.165, 1.54) is 6.26 Å². The number of nitrogens with one attached hydrogen (secondary N) is 1. The van der Waals surface area contributed by atoms with Crippen LogP contribution in [0.4, 0.5) is 17.2 Å². The van der Waals surface area contributed by atoms with Crippen LogP contribution in [0.3, 0.4) is 0 Å². The fourth-order valence-corrected chi connectivity index (χ4v) is 5.29.